The van der Waals surface area contributed by atoms with Crippen molar-refractivity contribution in [3.05, 3.63) is 66.6 Å². The number of ether oxygens (including phenoxy) is 1. The molecule has 146 valence electrons. The number of benzene rings is 1. The van der Waals surface area contributed by atoms with Gasteiger partial charge in [0.15, 0.2) is 11.6 Å². The van der Waals surface area contributed by atoms with Crippen molar-refractivity contribution in [2.24, 2.45) is 0 Å². The van der Waals surface area contributed by atoms with Gasteiger partial charge in [0, 0.05) is 43.8 Å². The predicted octanol–water partition coefficient (Wildman–Crippen LogP) is 2.64. The molecule has 0 saturated carbocycles. The Labute approximate surface area is 168 Å². The molecule has 0 aliphatic carbocycles. The first-order valence-corrected chi connectivity index (χ1v) is 9.65. The van der Waals surface area contributed by atoms with Gasteiger partial charge in [0.05, 0.1) is 13.2 Å². The van der Waals surface area contributed by atoms with Gasteiger partial charge >= 0.3 is 0 Å². The van der Waals surface area contributed by atoms with Crippen LogP contribution in [0.1, 0.15) is 5.56 Å². The molecule has 0 amide bonds. The van der Waals surface area contributed by atoms with Crippen molar-refractivity contribution in [1.29, 1.82) is 0 Å². The van der Waals surface area contributed by atoms with Gasteiger partial charge in [-0.2, -0.15) is 0 Å². The molecular formula is C21H21N7O. The number of aromatic nitrogens is 5. The molecule has 8 nitrogen and oxygen atoms in total. The Hall–Kier alpha value is -3.52. The van der Waals surface area contributed by atoms with Crippen molar-refractivity contribution < 1.29 is 4.74 Å². The van der Waals surface area contributed by atoms with E-state index in [1.54, 1.807) is 6.20 Å². The molecule has 0 spiro atoms. The molecule has 1 fully saturated rings. The summed E-state index contributed by atoms with van der Waals surface area (Å²) in [6.07, 6.45) is 5.49. The molecule has 0 atom stereocenters. The van der Waals surface area contributed by atoms with Crippen LogP contribution >= 0.6 is 0 Å². The monoisotopic (exact) mass is 387 g/mol. The minimum Gasteiger partial charge on any atom is -0.378 e. The lowest BCUT2D eigenvalue weighted by Gasteiger charge is -2.28. The fourth-order valence-electron chi connectivity index (χ4n) is 3.46. The first-order valence-electron chi connectivity index (χ1n) is 9.65. The third kappa shape index (κ3) is 3.62. The predicted molar refractivity (Wildman–Crippen MR) is 111 cm³/mol. The van der Waals surface area contributed by atoms with Crippen LogP contribution in [0.15, 0.2) is 61.1 Å². The summed E-state index contributed by atoms with van der Waals surface area (Å²) in [6, 6.07) is 14.1. The summed E-state index contributed by atoms with van der Waals surface area (Å²) in [5.74, 6) is 2.48. The quantitative estimate of drug-likeness (QED) is 0.564. The molecule has 0 bridgehead atoms. The Bertz CT molecular complexity index is 1110. The summed E-state index contributed by atoms with van der Waals surface area (Å²) in [6.45, 7) is 3.85. The molecule has 4 heterocycles. The smallest absolute Gasteiger partial charge is 0.203 e. The van der Waals surface area contributed by atoms with E-state index in [0.29, 0.717) is 18.0 Å². The van der Waals surface area contributed by atoms with Gasteiger partial charge in [-0.15, -0.1) is 10.2 Å². The highest BCUT2D eigenvalue weighted by Crippen LogP contribution is 2.21. The number of nitrogens with zero attached hydrogens (tertiary/aromatic N) is 6. The maximum atomic E-state index is 5.43. The molecule has 3 aromatic heterocycles. The normalized spacial score (nSPS) is 14.3. The van der Waals surface area contributed by atoms with E-state index < -0.39 is 0 Å². The first kappa shape index (κ1) is 17.6. The van der Waals surface area contributed by atoms with Crippen LogP contribution in [0.3, 0.4) is 0 Å². The van der Waals surface area contributed by atoms with Crippen LogP contribution in [0.2, 0.25) is 0 Å². The molecule has 29 heavy (non-hydrogen) atoms. The summed E-state index contributed by atoms with van der Waals surface area (Å²) < 4.78 is 7.38. The molecule has 1 aliphatic heterocycles. The van der Waals surface area contributed by atoms with Gasteiger partial charge in [0.1, 0.15) is 5.82 Å². The molecule has 4 aromatic rings. The van der Waals surface area contributed by atoms with Gasteiger partial charge < -0.3 is 15.0 Å². The lowest BCUT2D eigenvalue weighted by molar-refractivity contribution is 0.122. The van der Waals surface area contributed by atoms with Gasteiger partial charge in [0.2, 0.25) is 5.65 Å². The van der Waals surface area contributed by atoms with Crippen molar-refractivity contribution in [3.63, 3.8) is 0 Å². The van der Waals surface area contributed by atoms with Gasteiger partial charge in [-0.3, -0.25) is 4.40 Å². The number of rotatable bonds is 5. The molecule has 5 rings (SSSR count). The number of nitrogens with one attached hydrogen (secondary N) is 1. The first-order chi connectivity index (χ1) is 14.4. The third-order valence-corrected chi connectivity index (χ3v) is 4.96. The average Bonchev–Trinajstić information content (AvgIpc) is 3.24. The Morgan fingerprint density at radius 3 is 2.69 bits per heavy atom. The van der Waals surface area contributed by atoms with Crippen LogP contribution in [-0.2, 0) is 11.3 Å². The lowest BCUT2D eigenvalue weighted by atomic mass is 10.2. The highest BCUT2D eigenvalue weighted by atomic mass is 16.5. The van der Waals surface area contributed by atoms with Crippen LogP contribution in [-0.4, -0.2) is 50.9 Å². The highest BCUT2D eigenvalue weighted by Gasteiger charge is 2.14. The summed E-state index contributed by atoms with van der Waals surface area (Å²) in [4.78, 5) is 11.2. The second-order valence-corrected chi connectivity index (χ2v) is 6.83. The van der Waals surface area contributed by atoms with Gasteiger partial charge in [0.25, 0.3) is 0 Å². The lowest BCUT2D eigenvalue weighted by Crippen LogP contribution is -2.36. The SMILES string of the molecule is c1ccc(-c2nnc3c(NCc4ccnc(N5CCOCC5)c4)nccn23)cc1. The van der Waals surface area contributed by atoms with Crippen LogP contribution in [0.4, 0.5) is 11.6 Å². The van der Waals surface area contributed by atoms with Crippen LogP contribution in [0, 0.1) is 0 Å². The van der Waals surface area contributed by atoms with Gasteiger partial charge in [-0.05, 0) is 17.7 Å². The second kappa shape index (κ2) is 7.84. The molecule has 1 N–H and O–H groups in total. The molecule has 1 saturated heterocycles. The van der Waals surface area contributed by atoms with E-state index in [9.17, 15) is 0 Å². The van der Waals surface area contributed by atoms with E-state index in [2.05, 4.69) is 36.4 Å². The summed E-state index contributed by atoms with van der Waals surface area (Å²) in [7, 11) is 0. The zero-order chi connectivity index (χ0) is 19.5. The average molecular weight is 387 g/mol. The fourth-order valence-corrected chi connectivity index (χ4v) is 3.46. The van der Waals surface area contributed by atoms with Crippen molar-refractivity contribution in [2.45, 2.75) is 6.54 Å². The van der Waals surface area contributed by atoms with Crippen LogP contribution < -0.4 is 10.2 Å². The summed E-state index contributed by atoms with van der Waals surface area (Å²) in [5.41, 5.74) is 2.85. The molecule has 8 heteroatoms. The van der Waals surface area contributed by atoms with E-state index in [1.807, 2.05) is 53.2 Å². The summed E-state index contributed by atoms with van der Waals surface area (Å²) >= 11 is 0. The van der Waals surface area contributed by atoms with Gasteiger partial charge in [-0.25, -0.2) is 9.97 Å². The Kier molecular flexibility index (Phi) is 4.75. The molecule has 0 radical (unpaired) electrons. The number of fused-ring (bicyclic) bond motifs is 1. The number of hydrogen-bond donors (Lipinski definition) is 1. The highest BCUT2D eigenvalue weighted by molar-refractivity contribution is 5.67. The Morgan fingerprint density at radius 1 is 0.966 bits per heavy atom. The van der Waals surface area contributed by atoms with Crippen molar-refractivity contribution in [3.8, 4) is 11.4 Å². The van der Waals surface area contributed by atoms with Crippen LogP contribution in [0.5, 0.6) is 0 Å². The van der Waals surface area contributed by atoms with Gasteiger partial charge in [-0.1, -0.05) is 30.3 Å². The second-order valence-electron chi connectivity index (χ2n) is 6.83. The zero-order valence-corrected chi connectivity index (χ0v) is 15.9. The minimum absolute atomic E-state index is 0.625. The Balaban J connectivity index is 1.37. The van der Waals surface area contributed by atoms with E-state index >= 15 is 0 Å². The standard InChI is InChI=1S/C21H21N7O/c1-2-4-17(5-3-1)20-25-26-21-19(23-8-9-28(20)21)24-15-16-6-7-22-18(14-16)27-10-12-29-13-11-27/h1-9,14H,10-13,15H2,(H,23,24). The summed E-state index contributed by atoms with van der Waals surface area (Å²) in [5, 5.41) is 12.1. The van der Waals surface area contributed by atoms with E-state index in [-0.39, 0.29) is 0 Å². The molecule has 1 aliphatic rings. The number of morpholine rings is 1. The maximum absolute atomic E-state index is 5.43. The van der Waals surface area contributed by atoms with Crippen molar-refractivity contribution in [2.75, 3.05) is 36.5 Å². The van der Waals surface area contributed by atoms with E-state index in [1.165, 1.54) is 0 Å². The third-order valence-electron chi connectivity index (χ3n) is 4.96. The number of anilines is 2. The minimum atomic E-state index is 0.625. The fraction of sp³-hybridized carbons (Fsp3) is 0.238. The number of hydrogen-bond acceptors (Lipinski definition) is 7. The Morgan fingerprint density at radius 2 is 1.83 bits per heavy atom. The maximum Gasteiger partial charge on any atom is 0.203 e. The van der Waals surface area contributed by atoms with Crippen molar-refractivity contribution in [1.82, 2.24) is 24.6 Å². The molecule has 1 aromatic carbocycles. The van der Waals surface area contributed by atoms with E-state index in [0.717, 1.165) is 49.1 Å². The van der Waals surface area contributed by atoms with Crippen molar-refractivity contribution >= 4 is 17.3 Å². The molecule has 0 unspecified atom stereocenters. The zero-order valence-electron chi connectivity index (χ0n) is 15.9. The largest absolute Gasteiger partial charge is 0.378 e. The molecular weight excluding hydrogens is 366 g/mol. The van der Waals surface area contributed by atoms with E-state index in [4.69, 9.17) is 4.74 Å². The van der Waals surface area contributed by atoms with Crippen LogP contribution in [0.25, 0.3) is 17.0 Å². The number of pyridine rings is 1. The topological polar surface area (TPSA) is 80.5 Å².